The molecule has 0 aliphatic carbocycles. The molecule has 0 aliphatic heterocycles. The van der Waals surface area contributed by atoms with E-state index in [0.717, 1.165) is 22.1 Å². The highest BCUT2D eigenvalue weighted by molar-refractivity contribution is 7.14. The molecular weight excluding hydrogens is 617 g/mol. The summed E-state index contributed by atoms with van der Waals surface area (Å²) < 4.78 is 25.1. The number of hydrogen-bond donors (Lipinski definition) is 3. The first-order chi connectivity index (χ1) is 21.9. The average Bonchev–Trinajstić information content (AvgIpc) is 3.51. The van der Waals surface area contributed by atoms with Gasteiger partial charge in [-0.05, 0) is 61.0 Å². The van der Waals surface area contributed by atoms with Crippen LogP contribution in [0.4, 0.5) is 20.9 Å². The maximum atomic E-state index is 13.8. The molecule has 228 valence electrons. The van der Waals surface area contributed by atoms with Crippen molar-refractivity contribution in [1.29, 1.82) is 0 Å². The lowest BCUT2D eigenvalue weighted by Crippen LogP contribution is -2.21. The Kier molecular flexibility index (Phi) is 10.4. The zero-order valence-electron chi connectivity index (χ0n) is 23.9. The molecule has 4 aromatic carbocycles. The Morgan fingerprint density at radius 2 is 1.76 bits per heavy atom. The van der Waals surface area contributed by atoms with Crippen LogP contribution in [0.1, 0.15) is 22.8 Å². The standard InChI is InChI=1S/C33H27ClFN5O4S/c1-2-43-29-17-21(16-25(34)31(29)44-19-30(41)38-27-11-7-6-10-26(27)35)18-36-40-32(42)23-14-12-22(13-15-23)28-20-45-33(39-28)37-24-8-4-3-5-9-24/h3-18,20H,2,19H2,1H3,(H,37,39)(H,38,41)(H,40,42)/b36-18+. The number of benzene rings is 4. The van der Waals surface area contributed by atoms with Gasteiger partial charge in [0.05, 0.1) is 29.2 Å². The van der Waals surface area contributed by atoms with Crippen molar-refractivity contribution in [2.45, 2.75) is 6.92 Å². The molecule has 3 N–H and O–H groups in total. The molecule has 0 unspecified atom stereocenters. The van der Waals surface area contributed by atoms with Crippen molar-refractivity contribution < 1.29 is 23.5 Å². The van der Waals surface area contributed by atoms with E-state index in [1.165, 1.54) is 35.8 Å². The number of hydrogen-bond acceptors (Lipinski definition) is 8. The first-order valence-electron chi connectivity index (χ1n) is 13.7. The number of aromatic nitrogens is 1. The monoisotopic (exact) mass is 643 g/mol. The molecule has 0 aliphatic rings. The van der Waals surface area contributed by atoms with Gasteiger partial charge < -0.3 is 20.1 Å². The van der Waals surface area contributed by atoms with Crippen molar-refractivity contribution in [3.8, 4) is 22.8 Å². The molecule has 0 spiro atoms. The van der Waals surface area contributed by atoms with Crippen LogP contribution in [0.5, 0.6) is 11.5 Å². The molecule has 0 atom stereocenters. The summed E-state index contributed by atoms with van der Waals surface area (Å²) in [7, 11) is 0. The van der Waals surface area contributed by atoms with Crippen molar-refractivity contribution in [2.75, 3.05) is 23.8 Å². The average molecular weight is 644 g/mol. The number of amides is 2. The van der Waals surface area contributed by atoms with Crippen LogP contribution in [-0.2, 0) is 4.79 Å². The molecule has 0 fully saturated rings. The molecule has 5 rings (SSSR count). The Morgan fingerprint density at radius 3 is 2.51 bits per heavy atom. The van der Waals surface area contributed by atoms with Crippen molar-refractivity contribution in [2.24, 2.45) is 5.10 Å². The maximum absolute atomic E-state index is 13.8. The molecule has 0 bridgehead atoms. The Labute approximate surface area is 267 Å². The highest BCUT2D eigenvalue weighted by Gasteiger charge is 2.15. The van der Waals surface area contributed by atoms with Crippen LogP contribution in [0.15, 0.2) is 101 Å². The minimum absolute atomic E-state index is 0.0388. The van der Waals surface area contributed by atoms with Gasteiger partial charge in [-0.2, -0.15) is 5.10 Å². The van der Waals surface area contributed by atoms with Gasteiger partial charge in [0.1, 0.15) is 5.82 Å². The highest BCUT2D eigenvalue weighted by Crippen LogP contribution is 2.36. The number of ether oxygens (including phenoxy) is 2. The lowest BCUT2D eigenvalue weighted by atomic mass is 10.1. The molecule has 5 aromatic rings. The first-order valence-corrected chi connectivity index (χ1v) is 15.0. The van der Waals surface area contributed by atoms with Crippen LogP contribution in [0.2, 0.25) is 5.02 Å². The summed E-state index contributed by atoms with van der Waals surface area (Å²) in [6.07, 6.45) is 1.41. The van der Waals surface area contributed by atoms with Gasteiger partial charge in [-0.1, -0.05) is 54.1 Å². The molecule has 12 heteroatoms. The van der Waals surface area contributed by atoms with Gasteiger partial charge in [0.15, 0.2) is 23.2 Å². The maximum Gasteiger partial charge on any atom is 0.271 e. The number of anilines is 3. The molecule has 9 nitrogen and oxygen atoms in total. The van der Waals surface area contributed by atoms with Crippen LogP contribution >= 0.6 is 22.9 Å². The number of halogens is 2. The molecule has 0 radical (unpaired) electrons. The van der Waals surface area contributed by atoms with E-state index in [2.05, 4.69) is 26.1 Å². The molecule has 45 heavy (non-hydrogen) atoms. The summed E-state index contributed by atoms with van der Waals surface area (Å²) in [6.45, 7) is 1.65. The number of carbonyl (C=O) groups excluding carboxylic acids is 2. The quantitative estimate of drug-likeness (QED) is 0.0957. The third-order valence-electron chi connectivity index (χ3n) is 6.18. The van der Waals surface area contributed by atoms with E-state index >= 15 is 0 Å². The van der Waals surface area contributed by atoms with Crippen molar-refractivity contribution in [3.05, 3.63) is 118 Å². The number of nitrogens with zero attached hydrogens (tertiary/aromatic N) is 2. The molecule has 1 heterocycles. The molecule has 1 aromatic heterocycles. The Morgan fingerprint density at radius 1 is 1.00 bits per heavy atom. The topological polar surface area (TPSA) is 114 Å². The predicted octanol–water partition coefficient (Wildman–Crippen LogP) is 7.53. The molecule has 0 saturated carbocycles. The third kappa shape index (κ3) is 8.43. The summed E-state index contributed by atoms with van der Waals surface area (Å²) in [5.74, 6) is -1.12. The summed E-state index contributed by atoms with van der Waals surface area (Å²) in [5, 5.41) is 12.6. The zero-order chi connectivity index (χ0) is 31.6. The second kappa shape index (κ2) is 15.0. The number of rotatable bonds is 12. The number of nitrogens with one attached hydrogen (secondary N) is 3. The van der Waals surface area contributed by atoms with E-state index in [9.17, 15) is 14.0 Å². The van der Waals surface area contributed by atoms with Crippen molar-refractivity contribution in [1.82, 2.24) is 10.4 Å². The Bertz CT molecular complexity index is 1820. The lowest BCUT2D eigenvalue weighted by Gasteiger charge is -2.14. The van der Waals surface area contributed by atoms with E-state index in [1.807, 2.05) is 47.8 Å². The Balaban J connectivity index is 1.18. The summed E-state index contributed by atoms with van der Waals surface area (Å²) >= 11 is 7.92. The fourth-order valence-electron chi connectivity index (χ4n) is 4.08. The predicted molar refractivity (Wildman–Crippen MR) is 175 cm³/mol. The molecule has 2 amide bonds. The van der Waals surface area contributed by atoms with Crippen molar-refractivity contribution in [3.63, 3.8) is 0 Å². The second-order valence-electron chi connectivity index (χ2n) is 9.39. The van der Waals surface area contributed by atoms with E-state index in [-0.39, 0.29) is 22.2 Å². The summed E-state index contributed by atoms with van der Waals surface area (Å²) in [6, 6.07) is 25.8. The number of thiazole rings is 1. The van der Waals surface area contributed by atoms with E-state index in [1.54, 1.807) is 37.3 Å². The minimum atomic E-state index is -0.573. The van der Waals surface area contributed by atoms with Gasteiger partial charge >= 0.3 is 0 Å². The molecular formula is C33H27ClFN5O4S. The van der Waals surface area contributed by atoms with Gasteiger partial charge in [0.25, 0.3) is 11.8 Å². The third-order valence-corrected chi connectivity index (χ3v) is 7.22. The van der Waals surface area contributed by atoms with Gasteiger partial charge in [0.2, 0.25) is 0 Å². The zero-order valence-corrected chi connectivity index (χ0v) is 25.5. The molecule has 0 saturated heterocycles. The van der Waals surface area contributed by atoms with Crippen molar-refractivity contribution >= 4 is 57.5 Å². The van der Waals surface area contributed by atoms with Crippen LogP contribution < -0.4 is 25.5 Å². The second-order valence-corrected chi connectivity index (χ2v) is 10.7. The van der Waals surface area contributed by atoms with Crippen LogP contribution in [0, 0.1) is 5.82 Å². The number of carbonyl (C=O) groups is 2. The lowest BCUT2D eigenvalue weighted by molar-refractivity contribution is -0.118. The van der Waals surface area contributed by atoms with E-state index < -0.39 is 24.2 Å². The smallest absolute Gasteiger partial charge is 0.271 e. The van der Waals surface area contributed by atoms with E-state index in [0.29, 0.717) is 17.7 Å². The van der Waals surface area contributed by atoms with Crippen LogP contribution in [-0.4, -0.2) is 36.2 Å². The number of hydrazone groups is 1. The van der Waals surface area contributed by atoms with Crippen LogP contribution in [0.3, 0.4) is 0 Å². The Hall–Kier alpha value is -5.26. The minimum Gasteiger partial charge on any atom is -0.490 e. The normalized spacial score (nSPS) is 10.8. The van der Waals surface area contributed by atoms with Gasteiger partial charge in [0, 0.05) is 22.2 Å². The summed E-state index contributed by atoms with van der Waals surface area (Å²) in [5.41, 5.74) is 6.09. The van der Waals surface area contributed by atoms with Gasteiger partial charge in [-0.3, -0.25) is 9.59 Å². The van der Waals surface area contributed by atoms with Gasteiger partial charge in [-0.25, -0.2) is 14.8 Å². The SMILES string of the molecule is CCOc1cc(/C=N/NC(=O)c2ccc(-c3csc(Nc4ccccc4)n3)cc2)cc(Cl)c1OCC(=O)Nc1ccccc1F. The van der Waals surface area contributed by atoms with Crippen LogP contribution in [0.25, 0.3) is 11.3 Å². The summed E-state index contributed by atoms with van der Waals surface area (Å²) in [4.78, 5) is 29.6. The first kappa shape index (κ1) is 31.2. The fourth-order valence-corrected chi connectivity index (χ4v) is 5.10. The highest BCUT2D eigenvalue weighted by atomic mass is 35.5. The van der Waals surface area contributed by atoms with Gasteiger partial charge in [-0.15, -0.1) is 11.3 Å². The van der Waals surface area contributed by atoms with E-state index in [4.69, 9.17) is 21.1 Å². The fraction of sp³-hybridized carbons (Fsp3) is 0.0909. The number of para-hydroxylation sites is 2. The largest absolute Gasteiger partial charge is 0.490 e.